The fourth-order valence-electron chi connectivity index (χ4n) is 3.44. The van der Waals surface area contributed by atoms with E-state index >= 15 is 0 Å². The number of aromatic nitrogens is 2. The molecule has 2 aromatic heterocycles. The van der Waals surface area contributed by atoms with Crippen molar-refractivity contribution in [3.63, 3.8) is 0 Å². The Balaban J connectivity index is 1.54. The maximum absolute atomic E-state index is 12.7. The Hall–Kier alpha value is -2.12. The molecule has 0 aromatic carbocycles. The number of hydrogen-bond donors (Lipinski definition) is 1. The van der Waals surface area contributed by atoms with Crippen LogP contribution in [0.15, 0.2) is 24.5 Å². The van der Waals surface area contributed by atoms with Crippen LogP contribution in [-0.4, -0.2) is 71.7 Å². The van der Waals surface area contributed by atoms with Gasteiger partial charge in [-0.05, 0) is 32.0 Å². The van der Waals surface area contributed by atoms with Crippen molar-refractivity contribution in [1.82, 2.24) is 24.9 Å². The van der Waals surface area contributed by atoms with Crippen LogP contribution in [0.4, 0.5) is 5.69 Å². The van der Waals surface area contributed by atoms with Crippen LogP contribution in [0.1, 0.15) is 23.2 Å². The van der Waals surface area contributed by atoms with Crippen LogP contribution in [0, 0.1) is 0 Å². The molecule has 4 heterocycles. The number of nitrogens with one attached hydrogen (secondary N) is 1. The predicted octanol–water partition coefficient (Wildman–Crippen LogP) is 0.827. The molecule has 0 atom stereocenters. The highest BCUT2D eigenvalue weighted by Crippen LogP contribution is 2.23. The maximum atomic E-state index is 12.7. The zero-order valence-electron chi connectivity index (χ0n) is 14.1. The number of carbonyl (C=O) groups is 1. The van der Waals surface area contributed by atoms with Crippen molar-refractivity contribution in [3.8, 4) is 0 Å². The fourth-order valence-corrected chi connectivity index (χ4v) is 3.44. The zero-order chi connectivity index (χ0) is 16.5. The summed E-state index contributed by atoms with van der Waals surface area (Å²) in [7, 11) is 2.10. The molecular formula is C17H24N6O. The Morgan fingerprint density at radius 3 is 2.62 bits per heavy atom. The molecule has 2 saturated heterocycles. The van der Waals surface area contributed by atoms with E-state index in [0.29, 0.717) is 5.56 Å². The lowest BCUT2D eigenvalue weighted by atomic mass is 10.2. The van der Waals surface area contributed by atoms with Gasteiger partial charge in [0.15, 0.2) is 0 Å². The second-order valence-corrected chi connectivity index (χ2v) is 6.70. The number of pyridine rings is 1. The lowest BCUT2D eigenvalue weighted by Gasteiger charge is -2.32. The van der Waals surface area contributed by atoms with Crippen LogP contribution in [0.25, 0.3) is 5.52 Å². The van der Waals surface area contributed by atoms with Crippen LogP contribution in [0.5, 0.6) is 0 Å². The third-order valence-electron chi connectivity index (χ3n) is 4.98. The van der Waals surface area contributed by atoms with E-state index in [9.17, 15) is 4.79 Å². The highest BCUT2D eigenvalue weighted by Gasteiger charge is 2.20. The van der Waals surface area contributed by atoms with Gasteiger partial charge in [0.1, 0.15) is 0 Å². The summed E-state index contributed by atoms with van der Waals surface area (Å²) in [5.41, 5.74) is 5.70. The molecule has 2 fully saturated rings. The van der Waals surface area contributed by atoms with Crippen molar-refractivity contribution in [3.05, 3.63) is 30.1 Å². The monoisotopic (exact) mass is 328 g/mol. The number of hydrazine groups is 1. The smallest absolute Gasteiger partial charge is 0.269 e. The largest absolute Gasteiger partial charge is 0.371 e. The number of hydrogen-bond acceptors (Lipinski definition) is 5. The molecule has 0 spiro atoms. The molecule has 7 nitrogen and oxygen atoms in total. The van der Waals surface area contributed by atoms with E-state index in [1.807, 2.05) is 11.2 Å². The third-order valence-corrected chi connectivity index (χ3v) is 4.98. The van der Waals surface area contributed by atoms with Gasteiger partial charge in [0.25, 0.3) is 5.91 Å². The number of nitrogens with zero attached hydrogens (tertiary/aromatic N) is 5. The molecule has 1 amide bonds. The van der Waals surface area contributed by atoms with Crippen LogP contribution in [-0.2, 0) is 0 Å². The predicted molar refractivity (Wildman–Crippen MR) is 93.2 cm³/mol. The first kappa shape index (κ1) is 15.4. The normalized spacial score (nSPS) is 20.0. The molecule has 0 aliphatic carbocycles. The van der Waals surface area contributed by atoms with E-state index in [2.05, 4.69) is 39.5 Å². The summed E-state index contributed by atoms with van der Waals surface area (Å²) in [6.07, 6.45) is 6.08. The molecule has 0 unspecified atom stereocenters. The SMILES string of the molecule is CN1CCN(NC(=O)c2cnn3ccc(N4CCCC4)cc23)CC1. The van der Waals surface area contributed by atoms with Gasteiger partial charge in [-0.25, -0.2) is 9.52 Å². The molecule has 0 radical (unpaired) electrons. The van der Waals surface area contributed by atoms with Crippen molar-refractivity contribution in [2.75, 3.05) is 51.2 Å². The van der Waals surface area contributed by atoms with E-state index in [4.69, 9.17) is 0 Å². The first-order valence-electron chi connectivity index (χ1n) is 8.67. The fraction of sp³-hybridized carbons (Fsp3) is 0.529. The minimum absolute atomic E-state index is 0.0758. The van der Waals surface area contributed by atoms with E-state index in [-0.39, 0.29) is 5.91 Å². The summed E-state index contributed by atoms with van der Waals surface area (Å²) in [5, 5.41) is 6.32. The minimum Gasteiger partial charge on any atom is -0.371 e. The summed E-state index contributed by atoms with van der Waals surface area (Å²) >= 11 is 0. The quantitative estimate of drug-likeness (QED) is 0.904. The summed E-state index contributed by atoms with van der Waals surface area (Å²) in [6, 6.07) is 4.16. The minimum atomic E-state index is -0.0758. The Labute approximate surface area is 141 Å². The Bertz CT molecular complexity index is 728. The summed E-state index contributed by atoms with van der Waals surface area (Å²) in [5.74, 6) is -0.0758. The topological polar surface area (TPSA) is 56.1 Å². The highest BCUT2D eigenvalue weighted by molar-refractivity contribution is 6.00. The van der Waals surface area contributed by atoms with Gasteiger partial charge in [-0.1, -0.05) is 0 Å². The third kappa shape index (κ3) is 2.97. The second kappa shape index (κ2) is 6.41. The Morgan fingerprint density at radius 1 is 1.12 bits per heavy atom. The van der Waals surface area contributed by atoms with Gasteiger partial charge >= 0.3 is 0 Å². The van der Waals surface area contributed by atoms with Gasteiger partial charge in [0.05, 0.1) is 17.3 Å². The van der Waals surface area contributed by atoms with Crippen molar-refractivity contribution < 1.29 is 4.79 Å². The van der Waals surface area contributed by atoms with Crippen LogP contribution >= 0.6 is 0 Å². The van der Waals surface area contributed by atoms with E-state index in [0.717, 1.165) is 44.8 Å². The van der Waals surface area contributed by atoms with Crippen LogP contribution in [0.2, 0.25) is 0 Å². The average molecular weight is 328 g/mol. The first-order chi connectivity index (χ1) is 11.7. The van der Waals surface area contributed by atoms with E-state index in [1.54, 1.807) is 10.7 Å². The number of likely N-dealkylation sites (N-methyl/N-ethyl adjacent to an activating group) is 1. The van der Waals surface area contributed by atoms with Crippen molar-refractivity contribution in [2.24, 2.45) is 0 Å². The molecular weight excluding hydrogens is 304 g/mol. The zero-order valence-corrected chi connectivity index (χ0v) is 14.1. The molecule has 7 heteroatoms. The lowest BCUT2D eigenvalue weighted by Crippen LogP contribution is -2.52. The van der Waals surface area contributed by atoms with Crippen molar-refractivity contribution in [2.45, 2.75) is 12.8 Å². The van der Waals surface area contributed by atoms with Crippen LogP contribution < -0.4 is 10.3 Å². The van der Waals surface area contributed by atoms with Gasteiger partial charge in [-0.15, -0.1) is 0 Å². The molecule has 1 N–H and O–H groups in total. The van der Waals surface area contributed by atoms with E-state index in [1.165, 1.54) is 18.5 Å². The molecule has 2 aliphatic heterocycles. The average Bonchev–Trinajstić information content (AvgIpc) is 3.25. The second-order valence-electron chi connectivity index (χ2n) is 6.70. The number of fused-ring (bicyclic) bond motifs is 1. The van der Waals surface area contributed by atoms with Gasteiger partial charge < -0.3 is 9.80 Å². The van der Waals surface area contributed by atoms with Gasteiger partial charge in [0, 0.05) is 51.2 Å². The summed E-state index contributed by atoms with van der Waals surface area (Å²) < 4.78 is 1.78. The molecule has 0 saturated carbocycles. The first-order valence-corrected chi connectivity index (χ1v) is 8.67. The molecule has 2 aliphatic rings. The number of piperazine rings is 1. The molecule has 24 heavy (non-hydrogen) atoms. The Kier molecular flexibility index (Phi) is 4.12. The molecule has 2 aromatic rings. The number of rotatable bonds is 3. The highest BCUT2D eigenvalue weighted by atomic mass is 16.2. The number of anilines is 1. The van der Waals surface area contributed by atoms with Crippen LogP contribution in [0.3, 0.4) is 0 Å². The number of carbonyl (C=O) groups excluding carboxylic acids is 1. The summed E-state index contributed by atoms with van der Waals surface area (Å²) in [6.45, 7) is 5.81. The standard InChI is InChI=1S/C17H24N6O/c1-20-8-10-22(11-9-20)19-17(24)15-13-18-23-7-4-14(12-16(15)23)21-5-2-3-6-21/h4,7,12-13H,2-3,5-6,8-11H2,1H3,(H,19,24). The number of amides is 1. The maximum Gasteiger partial charge on any atom is 0.269 e. The van der Waals surface area contributed by atoms with Gasteiger partial charge in [0.2, 0.25) is 0 Å². The molecule has 4 rings (SSSR count). The van der Waals surface area contributed by atoms with Gasteiger partial charge in [-0.3, -0.25) is 10.2 Å². The molecule has 128 valence electrons. The molecule has 0 bridgehead atoms. The lowest BCUT2D eigenvalue weighted by molar-refractivity contribution is 0.0664. The summed E-state index contributed by atoms with van der Waals surface area (Å²) in [4.78, 5) is 17.3. The van der Waals surface area contributed by atoms with Crippen molar-refractivity contribution >= 4 is 17.1 Å². The Morgan fingerprint density at radius 2 is 1.88 bits per heavy atom. The van der Waals surface area contributed by atoms with Gasteiger partial charge in [-0.2, -0.15) is 5.10 Å². The van der Waals surface area contributed by atoms with Crippen molar-refractivity contribution in [1.29, 1.82) is 0 Å². The van der Waals surface area contributed by atoms with E-state index < -0.39 is 0 Å².